The second-order valence-corrected chi connectivity index (χ2v) is 5.08. The number of alkyl halides is 3. The molecule has 0 atom stereocenters. The van der Waals surface area contributed by atoms with Crippen LogP contribution in [0.5, 0.6) is 0 Å². The van der Waals surface area contributed by atoms with Crippen LogP contribution >= 0.6 is 0 Å². The molecule has 1 saturated carbocycles. The monoisotopic (exact) mass is 299 g/mol. The van der Waals surface area contributed by atoms with E-state index in [2.05, 4.69) is 4.98 Å². The molecule has 5 nitrogen and oxygen atoms in total. The van der Waals surface area contributed by atoms with Crippen LogP contribution in [0.15, 0.2) is 24.9 Å². The Bertz CT molecular complexity index is 683. The first-order valence-corrected chi connectivity index (χ1v) is 6.37. The Balaban J connectivity index is 1.92. The van der Waals surface area contributed by atoms with E-state index >= 15 is 0 Å². The van der Waals surface area contributed by atoms with Crippen molar-refractivity contribution in [2.45, 2.75) is 31.6 Å². The van der Waals surface area contributed by atoms with E-state index in [1.165, 1.54) is 4.57 Å². The summed E-state index contributed by atoms with van der Waals surface area (Å²) in [5, 5.41) is 8.89. The number of aromatic nitrogens is 3. The molecule has 1 aliphatic carbocycles. The van der Waals surface area contributed by atoms with Crippen LogP contribution in [0.4, 0.5) is 13.2 Å². The number of carbonyl (C=O) groups is 1. The van der Waals surface area contributed by atoms with Gasteiger partial charge in [-0.1, -0.05) is 0 Å². The molecular formula is C13H12F3N3O2. The molecule has 3 rings (SSSR count). The Morgan fingerprint density at radius 2 is 2.10 bits per heavy atom. The summed E-state index contributed by atoms with van der Waals surface area (Å²) in [6, 6.07) is 0.360. The lowest BCUT2D eigenvalue weighted by atomic mass is 10.2. The van der Waals surface area contributed by atoms with Crippen molar-refractivity contribution in [2.75, 3.05) is 0 Å². The van der Waals surface area contributed by atoms with Gasteiger partial charge in [0.2, 0.25) is 0 Å². The molecule has 0 radical (unpaired) electrons. The lowest BCUT2D eigenvalue weighted by Gasteiger charge is -2.07. The van der Waals surface area contributed by atoms with E-state index in [0.29, 0.717) is 6.04 Å². The molecule has 1 aliphatic rings. The van der Waals surface area contributed by atoms with E-state index in [-0.39, 0.29) is 6.54 Å². The average Bonchev–Trinajstić information content (AvgIpc) is 2.96. The molecule has 0 saturated heterocycles. The Labute approximate surface area is 117 Å². The number of carboxylic acids is 1. The van der Waals surface area contributed by atoms with Gasteiger partial charge in [-0.15, -0.1) is 0 Å². The number of aromatic carboxylic acids is 1. The summed E-state index contributed by atoms with van der Waals surface area (Å²) in [5.74, 6) is -1.59. The van der Waals surface area contributed by atoms with Crippen LogP contribution in [-0.2, 0) is 12.7 Å². The molecule has 2 aromatic rings. The highest BCUT2D eigenvalue weighted by Crippen LogP contribution is 2.36. The number of nitrogens with zero attached hydrogens (tertiary/aromatic N) is 3. The summed E-state index contributed by atoms with van der Waals surface area (Å²) in [7, 11) is 0. The number of imidazole rings is 1. The maximum absolute atomic E-state index is 12.8. The van der Waals surface area contributed by atoms with E-state index in [4.69, 9.17) is 5.11 Å². The topological polar surface area (TPSA) is 60.0 Å². The third kappa shape index (κ3) is 2.65. The molecule has 0 amide bonds. The fourth-order valence-corrected chi connectivity index (χ4v) is 2.32. The molecule has 0 spiro atoms. The fourth-order valence-electron chi connectivity index (χ4n) is 2.32. The third-order valence-electron chi connectivity index (χ3n) is 3.45. The second kappa shape index (κ2) is 4.64. The Morgan fingerprint density at radius 1 is 1.38 bits per heavy atom. The number of hydrogen-bond donors (Lipinski definition) is 1. The van der Waals surface area contributed by atoms with E-state index in [1.807, 2.05) is 4.57 Å². The zero-order valence-corrected chi connectivity index (χ0v) is 10.8. The van der Waals surface area contributed by atoms with E-state index in [1.54, 1.807) is 12.5 Å². The maximum atomic E-state index is 12.8. The Hall–Kier alpha value is -2.25. The van der Waals surface area contributed by atoms with Crippen molar-refractivity contribution in [3.63, 3.8) is 0 Å². The van der Waals surface area contributed by atoms with Gasteiger partial charge in [-0.3, -0.25) is 0 Å². The zero-order valence-electron chi connectivity index (χ0n) is 10.8. The van der Waals surface area contributed by atoms with Gasteiger partial charge < -0.3 is 14.2 Å². The predicted octanol–water partition coefficient (Wildman–Crippen LogP) is 2.78. The van der Waals surface area contributed by atoms with Crippen molar-refractivity contribution in [1.82, 2.24) is 14.1 Å². The minimum atomic E-state index is -4.68. The molecule has 0 unspecified atom stereocenters. The predicted molar refractivity (Wildman–Crippen MR) is 66.0 cm³/mol. The average molecular weight is 299 g/mol. The standard InChI is InChI=1S/C13H12F3N3O2/c14-13(15,16)11-6-18(5-10(11)12(20)21)4-9-3-17-7-19(9)8-1-2-8/h3,5-8H,1-2,4H2,(H,20,21). The summed E-state index contributed by atoms with van der Waals surface area (Å²) in [4.78, 5) is 14.9. The smallest absolute Gasteiger partial charge is 0.418 e. The molecule has 2 aromatic heterocycles. The highest BCUT2D eigenvalue weighted by atomic mass is 19.4. The van der Waals surface area contributed by atoms with Crippen molar-refractivity contribution >= 4 is 5.97 Å². The lowest BCUT2D eigenvalue weighted by Crippen LogP contribution is -2.09. The highest BCUT2D eigenvalue weighted by Gasteiger charge is 2.37. The van der Waals surface area contributed by atoms with Crippen LogP contribution in [0.2, 0.25) is 0 Å². The molecule has 0 bridgehead atoms. The lowest BCUT2D eigenvalue weighted by molar-refractivity contribution is -0.138. The molecule has 2 heterocycles. The Kier molecular flexibility index (Phi) is 3.03. The van der Waals surface area contributed by atoms with Crippen molar-refractivity contribution in [3.8, 4) is 0 Å². The summed E-state index contributed by atoms with van der Waals surface area (Å²) in [6.07, 6.45) is 2.45. The van der Waals surface area contributed by atoms with Crippen molar-refractivity contribution in [2.24, 2.45) is 0 Å². The van der Waals surface area contributed by atoms with Crippen molar-refractivity contribution in [3.05, 3.63) is 41.7 Å². The van der Waals surface area contributed by atoms with Gasteiger partial charge in [0.25, 0.3) is 0 Å². The number of rotatable bonds is 4. The molecule has 112 valence electrons. The minimum absolute atomic E-state index is 0.160. The molecule has 1 N–H and O–H groups in total. The van der Waals surface area contributed by atoms with Gasteiger partial charge in [0.15, 0.2) is 0 Å². The van der Waals surface area contributed by atoms with Crippen molar-refractivity contribution in [1.29, 1.82) is 0 Å². The van der Waals surface area contributed by atoms with Crippen LogP contribution < -0.4 is 0 Å². The molecular weight excluding hydrogens is 287 g/mol. The fraction of sp³-hybridized carbons (Fsp3) is 0.385. The second-order valence-electron chi connectivity index (χ2n) is 5.08. The number of halogens is 3. The number of hydrogen-bond acceptors (Lipinski definition) is 2. The highest BCUT2D eigenvalue weighted by molar-refractivity contribution is 5.89. The normalized spacial score (nSPS) is 15.4. The van der Waals surface area contributed by atoms with E-state index in [9.17, 15) is 18.0 Å². The van der Waals surface area contributed by atoms with Gasteiger partial charge >= 0.3 is 12.1 Å². The van der Waals surface area contributed by atoms with Gasteiger partial charge in [0.05, 0.1) is 29.7 Å². The summed E-state index contributed by atoms with van der Waals surface area (Å²) in [6.45, 7) is 0.160. The van der Waals surface area contributed by atoms with Crippen LogP contribution in [0.1, 0.15) is 40.5 Å². The molecule has 1 fully saturated rings. The van der Waals surface area contributed by atoms with Crippen LogP contribution in [-0.4, -0.2) is 25.2 Å². The summed E-state index contributed by atoms with van der Waals surface area (Å²) < 4.78 is 41.6. The number of carboxylic acid groups (broad SMARTS) is 1. The summed E-state index contributed by atoms with van der Waals surface area (Å²) >= 11 is 0. The van der Waals surface area contributed by atoms with Crippen molar-refractivity contribution < 1.29 is 23.1 Å². The van der Waals surface area contributed by atoms with Gasteiger partial charge in [-0.25, -0.2) is 9.78 Å². The van der Waals surface area contributed by atoms with Gasteiger partial charge in [0.1, 0.15) is 0 Å². The molecule has 0 aromatic carbocycles. The molecule has 0 aliphatic heterocycles. The van der Waals surface area contributed by atoms with E-state index < -0.39 is 23.3 Å². The van der Waals surface area contributed by atoms with Gasteiger partial charge in [-0.05, 0) is 12.8 Å². The van der Waals surface area contributed by atoms with Crippen LogP contribution in [0.25, 0.3) is 0 Å². The SMILES string of the molecule is O=C(O)c1cn(Cc2cncn2C2CC2)cc1C(F)(F)F. The first kappa shape index (κ1) is 13.7. The van der Waals surface area contributed by atoms with Gasteiger partial charge in [-0.2, -0.15) is 13.2 Å². The minimum Gasteiger partial charge on any atom is -0.478 e. The summed E-state index contributed by atoms with van der Waals surface area (Å²) in [5.41, 5.74) is -1.11. The quantitative estimate of drug-likeness (QED) is 0.944. The van der Waals surface area contributed by atoms with Crippen LogP contribution in [0.3, 0.4) is 0 Å². The molecule has 21 heavy (non-hydrogen) atoms. The first-order valence-electron chi connectivity index (χ1n) is 6.37. The zero-order chi connectivity index (χ0) is 15.2. The first-order chi connectivity index (χ1) is 9.86. The largest absolute Gasteiger partial charge is 0.478 e. The van der Waals surface area contributed by atoms with Crippen LogP contribution in [0, 0.1) is 0 Å². The Morgan fingerprint density at radius 3 is 2.62 bits per heavy atom. The molecule has 8 heteroatoms. The maximum Gasteiger partial charge on any atom is 0.418 e. The third-order valence-corrected chi connectivity index (χ3v) is 3.45. The van der Waals surface area contributed by atoms with Gasteiger partial charge in [0, 0.05) is 24.6 Å². The van der Waals surface area contributed by atoms with E-state index in [0.717, 1.165) is 30.9 Å².